The lowest BCUT2D eigenvalue weighted by Crippen LogP contribution is -2.37. The zero-order valence-electron chi connectivity index (χ0n) is 19.6. The number of alkyl halides is 2. The van der Waals surface area contributed by atoms with E-state index in [1.807, 2.05) is 0 Å². The maximum atomic E-state index is 13.3. The van der Waals surface area contributed by atoms with Crippen LogP contribution in [0, 0.1) is 0 Å². The fraction of sp³-hybridized carbons (Fsp3) is 0.292. The van der Waals surface area contributed by atoms with E-state index in [0.717, 1.165) is 11.8 Å². The number of anilines is 1. The summed E-state index contributed by atoms with van der Waals surface area (Å²) in [6.07, 6.45) is 1.94. The number of carbonyl (C=O) groups is 2. The predicted molar refractivity (Wildman–Crippen MR) is 137 cm³/mol. The van der Waals surface area contributed by atoms with Crippen LogP contribution in [0.4, 0.5) is 14.5 Å². The van der Waals surface area contributed by atoms with E-state index in [2.05, 4.69) is 15.0 Å². The van der Waals surface area contributed by atoms with Crippen molar-refractivity contribution in [1.29, 1.82) is 0 Å². The minimum atomic E-state index is -3.15. The Kier molecular flexibility index (Phi) is 8.13. The van der Waals surface area contributed by atoms with Gasteiger partial charge in [0.05, 0.1) is 30.1 Å². The lowest BCUT2D eigenvalue weighted by Gasteiger charge is -2.18. The lowest BCUT2D eigenvalue weighted by atomic mass is 10.2. The quantitative estimate of drug-likeness (QED) is 0.502. The van der Waals surface area contributed by atoms with E-state index >= 15 is 0 Å². The number of benzene rings is 2. The summed E-state index contributed by atoms with van der Waals surface area (Å²) in [4.78, 5) is 31.5. The molecular formula is C24H23F2N3O6S2. The van der Waals surface area contributed by atoms with E-state index in [4.69, 9.17) is 4.74 Å². The standard InChI is InChI=1S/C24H23F2N3O6S2/c1-34-18-6-2-15(3-7-18)12-20-22(31)29(17-4-8-19(9-5-17)35-23(25)26)24(28-20)36-13-21(30)27-16-10-11-37(32,33)14-16/h2-9,12,16,23H,10-11,13-14H2,1H3,(H,27,30)/b20-12+. The summed E-state index contributed by atoms with van der Waals surface area (Å²) >= 11 is 0.999. The average Bonchev–Trinajstić information content (AvgIpc) is 3.36. The molecule has 196 valence electrons. The maximum absolute atomic E-state index is 13.3. The van der Waals surface area contributed by atoms with Gasteiger partial charge in [-0.1, -0.05) is 23.9 Å². The lowest BCUT2D eigenvalue weighted by molar-refractivity contribution is -0.119. The third kappa shape index (κ3) is 6.86. The smallest absolute Gasteiger partial charge is 0.387 e. The summed E-state index contributed by atoms with van der Waals surface area (Å²) in [5.41, 5.74) is 1.15. The van der Waals surface area contributed by atoms with Crippen LogP contribution >= 0.6 is 11.8 Å². The first-order chi connectivity index (χ1) is 17.6. The number of methoxy groups -OCH3 is 1. The highest BCUT2D eigenvalue weighted by Crippen LogP contribution is 2.31. The molecule has 0 bridgehead atoms. The number of amidine groups is 1. The molecule has 2 heterocycles. The fourth-order valence-corrected chi connectivity index (χ4v) is 6.26. The number of sulfone groups is 1. The molecule has 1 unspecified atom stereocenters. The number of hydrogen-bond donors (Lipinski definition) is 1. The number of aliphatic imine (C=N–C) groups is 1. The molecule has 4 rings (SSSR count). The van der Waals surface area contributed by atoms with Crippen molar-refractivity contribution in [3.8, 4) is 11.5 Å². The van der Waals surface area contributed by atoms with Crippen molar-refractivity contribution in [3.63, 3.8) is 0 Å². The Morgan fingerprint density at radius 1 is 1.19 bits per heavy atom. The molecule has 2 aliphatic rings. The number of ether oxygens (including phenoxy) is 2. The minimum absolute atomic E-state index is 0.0326. The monoisotopic (exact) mass is 551 g/mol. The van der Waals surface area contributed by atoms with Gasteiger partial charge in [-0.2, -0.15) is 8.78 Å². The van der Waals surface area contributed by atoms with Gasteiger partial charge in [-0.15, -0.1) is 0 Å². The fourth-order valence-electron chi connectivity index (χ4n) is 3.76. The van der Waals surface area contributed by atoms with Crippen LogP contribution in [0.3, 0.4) is 0 Å². The number of thioether (sulfide) groups is 1. The van der Waals surface area contributed by atoms with Crippen LogP contribution in [0.2, 0.25) is 0 Å². The molecule has 0 aliphatic carbocycles. The molecule has 13 heteroatoms. The van der Waals surface area contributed by atoms with Gasteiger partial charge in [0.15, 0.2) is 15.0 Å². The molecular weight excluding hydrogens is 528 g/mol. The van der Waals surface area contributed by atoms with Crippen LogP contribution in [0.1, 0.15) is 12.0 Å². The minimum Gasteiger partial charge on any atom is -0.497 e. The van der Waals surface area contributed by atoms with Gasteiger partial charge in [-0.3, -0.25) is 14.5 Å². The van der Waals surface area contributed by atoms with Crippen molar-refractivity contribution >= 4 is 50.3 Å². The summed E-state index contributed by atoms with van der Waals surface area (Å²) in [6, 6.07) is 12.0. The van der Waals surface area contributed by atoms with Gasteiger partial charge in [0.25, 0.3) is 5.91 Å². The number of amides is 2. The summed E-state index contributed by atoms with van der Waals surface area (Å²) in [7, 11) is -1.61. The Morgan fingerprint density at radius 2 is 1.86 bits per heavy atom. The molecule has 0 aromatic heterocycles. The number of carbonyl (C=O) groups excluding carboxylic acids is 2. The summed E-state index contributed by atoms with van der Waals surface area (Å²) in [6.45, 7) is -2.99. The number of nitrogens with one attached hydrogen (secondary N) is 1. The second-order valence-electron chi connectivity index (χ2n) is 8.17. The van der Waals surface area contributed by atoms with Crippen LogP contribution in [0.5, 0.6) is 11.5 Å². The molecule has 2 aromatic rings. The predicted octanol–water partition coefficient (Wildman–Crippen LogP) is 3.08. The van der Waals surface area contributed by atoms with Crippen molar-refractivity contribution in [1.82, 2.24) is 5.32 Å². The Bertz CT molecular complexity index is 1330. The van der Waals surface area contributed by atoms with Gasteiger partial charge in [-0.25, -0.2) is 13.4 Å². The Morgan fingerprint density at radius 3 is 2.46 bits per heavy atom. The summed E-state index contributed by atoms with van der Waals surface area (Å²) in [5, 5.41) is 2.91. The average molecular weight is 552 g/mol. The molecule has 1 saturated heterocycles. The third-order valence-electron chi connectivity index (χ3n) is 5.50. The van der Waals surface area contributed by atoms with Crippen LogP contribution < -0.4 is 19.7 Å². The SMILES string of the molecule is COc1ccc(/C=C2/N=C(SCC(=O)NC3CCS(=O)(=O)C3)N(c3ccc(OC(F)F)cc3)C2=O)cc1. The largest absolute Gasteiger partial charge is 0.497 e. The highest BCUT2D eigenvalue weighted by Gasteiger charge is 2.33. The van der Waals surface area contributed by atoms with Crippen molar-refractivity contribution in [2.24, 2.45) is 4.99 Å². The van der Waals surface area contributed by atoms with Crippen LogP contribution in [0.15, 0.2) is 59.2 Å². The maximum Gasteiger partial charge on any atom is 0.387 e. The molecule has 2 amide bonds. The van der Waals surface area contributed by atoms with Crippen LogP contribution in [-0.2, 0) is 19.4 Å². The molecule has 1 fully saturated rings. The molecule has 0 radical (unpaired) electrons. The van der Waals surface area contributed by atoms with Crippen LogP contribution in [0.25, 0.3) is 6.08 Å². The number of hydrogen-bond acceptors (Lipinski definition) is 8. The van der Waals surface area contributed by atoms with E-state index < -0.39 is 34.3 Å². The molecule has 0 saturated carbocycles. The molecule has 1 N–H and O–H groups in total. The van der Waals surface area contributed by atoms with E-state index in [9.17, 15) is 26.8 Å². The third-order valence-corrected chi connectivity index (χ3v) is 8.21. The highest BCUT2D eigenvalue weighted by molar-refractivity contribution is 8.14. The van der Waals surface area contributed by atoms with Gasteiger partial charge in [0.2, 0.25) is 5.91 Å². The first kappa shape index (κ1) is 26.6. The molecule has 0 spiro atoms. The molecule has 2 aliphatic heterocycles. The van der Waals surface area contributed by atoms with E-state index in [1.54, 1.807) is 37.5 Å². The number of rotatable bonds is 8. The molecule has 1 atom stereocenters. The number of halogens is 2. The van der Waals surface area contributed by atoms with E-state index in [0.29, 0.717) is 23.4 Å². The Hall–Kier alpha value is -3.45. The second kappa shape index (κ2) is 11.3. The van der Waals surface area contributed by atoms with Crippen molar-refractivity contribution in [2.45, 2.75) is 19.1 Å². The van der Waals surface area contributed by atoms with Gasteiger partial charge in [0, 0.05) is 6.04 Å². The Balaban J connectivity index is 1.54. The zero-order chi connectivity index (χ0) is 26.6. The topological polar surface area (TPSA) is 114 Å². The second-order valence-corrected chi connectivity index (χ2v) is 11.3. The first-order valence-corrected chi connectivity index (χ1v) is 13.9. The van der Waals surface area contributed by atoms with Gasteiger partial charge >= 0.3 is 6.61 Å². The van der Waals surface area contributed by atoms with E-state index in [-0.39, 0.29) is 33.9 Å². The van der Waals surface area contributed by atoms with Crippen molar-refractivity contribution < 1.29 is 36.3 Å². The molecule has 2 aromatic carbocycles. The van der Waals surface area contributed by atoms with E-state index in [1.165, 1.54) is 29.2 Å². The summed E-state index contributed by atoms with van der Waals surface area (Å²) in [5.74, 6) is -0.466. The molecule has 37 heavy (non-hydrogen) atoms. The van der Waals surface area contributed by atoms with Gasteiger partial charge < -0.3 is 14.8 Å². The van der Waals surface area contributed by atoms with Crippen molar-refractivity contribution in [2.75, 3.05) is 29.3 Å². The first-order valence-electron chi connectivity index (χ1n) is 11.1. The van der Waals surface area contributed by atoms with Gasteiger partial charge in [-0.05, 0) is 54.5 Å². The Labute approximate surface area is 216 Å². The summed E-state index contributed by atoms with van der Waals surface area (Å²) < 4.78 is 57.9. The van der Waals surface area contributed by atoms with Crippen LogP contribution in [-0.4, -0.2) is 62.4 Å². The van der Waals surface area contributed by atoms with Crippen molar-refractivity contribution in [3.05, 3.63) is 59.8 Å². The highest BCUT2D eigenvalue weighted by atomic mass is 32.2. The normalized spacial score (nSPS) is 19.8. The number of nitrogens with zero attached hydrogens (tertiary/aromatic N) is 2. The van der Waals surface area contributed by atoms with Gasteiger partial charge in [0.1, 0.15) is 17.2 Å². The zero-order valence-corrected chi connectivity index (χ0v) is 21.2. The molecule has 9 nitrogen and oxygen atoms in total.